The van der Waals surface area contributed by atoms with Crippen molar-refractivity contribution in [2.75, 3.05) is 0 Å². The maximum atomic E-state index is 11.1. The molecule has 1 aromatic rings. The lowest BCUT2D eigenvalue weighted by atomic mass is 10.2. The largest absolute Gasteiger partial charge is 0.514 e. The van der Waals surface area contributed by atoms with Crippen molar-refractivity contribution in [2.24, 2.45) is 0 Å². The Morgan fingerprint density at radius 1 is 1.33 bits per heavy atom. The summed E-state index contributed by atoms with van der Waals surface area (Å²) in [5, 5.41) is 10.4. The molecule has 2 rings (SSSR count). The molecule has 0 aromatic heterocycles. The first-order valence-corrected chi connectivity index (χ1v) is 7.67. The van der Waals surface area contributed by atoms with Crippen molar-refractivity contribution in [2.45, 2.75) is 52.2 Å². The van der Waals surface area contributed by atoms with Gasteiger partial charge >= 0.3 is 12.1 Å². The number of cyclic esters (lactones) is 1. The van der Waals surface area contributed by atoms with E-state index in [-0.39, 0.29) is 29.6 Å². The molecule has 132 valence electrons. The fourth-order valence-corrected chi connectivity index (χ4v) is 1.62. The highest BCUT2D eigenvalue weighted by Crippen LogP contribution is 2.18. The van der Waals surface area contributed by atoms with E-state index in [9.17, 15) is 19.7 Å². The van der Waals surface area contributed by atoms with Crippen LogP contribution >= 0.6 is 0 Å². The van der Waals surface area contributed by atoms with Crippen LogP contribution in [-0.4, -0.2) is 29.3 Å². The van der Waals surface area contributed by atoms with Gasteiger partial charge in [-0.05, 0) is 38.8 Å². The van der Waals surface area contributed by atoms with Gasteiger partial charge in [-0.2, -0.15) is 0 Å². The number of non-ortho nitro benzene ring substituents is 1. The lowest BCUT2D eigenvalue weighted by Crippen LogP contribution is -2.15. The second kappa shape index (κ2) is 9.49. The summed E-state index contributed by atoms with van der Waals surface area (Å²) in [6.45, 7) is 5.49. The standard InChI is InChI=1S/C10H11NO5.C6H10O2/c1-7(2)15-10(12)16-9-5-3-8(4-6-9)11(13)14;1-2-3-4-5-6(7)8-5/h3-7H,1-2H3;5H,2-4H2,1H3. The molecule has 0 N–H and O–H groups in total. The minimum atomic E-state index is -0.830. The molecule has 8 nitrogen and oxygen atoms in total. The van der Waals surface area contributed by atoms with Gasteiger partial charge in [0.15, 0.2) is 6.10 Å². The molecule has 0 spiro atoms. The quantitative estimate of drug-likeness (QED) is 0.256. The van der Waals surface area contributed by atoms with E-state index in [2.05, 4.69) is 11.7 Å². The molecule has 0 bridgehead atoms. The van der Waals surface area contributed by atoms with E-state index in [1.54, 1.807) is 13.8 Å². The third kappa shape index (κ3) is 7.57. The number of nitrogens with zero attached hydrogens (tertiary/aromatic N) is 1. The number of epoxide rings is 1. The number of hydrogen-bond acceptors (Lipinski definition) is 7. The highest BCUT2D eigenvalue weighted by molar-refractivity contribution is 5.87. The Morgan fingerprint density at radius 2 is 1.92 bits per heavy atom. The van der Waals surface area contributed by atoms with Crippen molar-refractivity contribution < 1.29 is 28.7 Å². The van der Waals surface area contributed by atoms with Gasteiger partial charge in [0.05, 0.1) is 11.0 Å². The molecule has 0 radical (unpaired) electrons. The van der Waals surface area contributed by atoms with Crippen molar-refractivity contribution in [1.29, 1.82) is 0 Å². The molecule has 1 atom stereocenters. The molecule has 1 heterocycles. The molecular weight excluding hydrogens is 318 g/mol. The van der Waals surface area contributed by atoms with Crippen LogP contribution in [0.3, 0.4) is 0 Å². The number of rotatable bonds is 6. The average Bonchev–Trinajstić information content (AvgIpc) is 3.21. The maximum Gasteiger partial charge on any atom is 0.514 e. The van der Waals surface area contributed by atoms with Crippen molar-refractivity contribution in [3.05, 3.63) is 34.4 Å². The predicted octanol–water partition coefficient (Wildman–Crippen LogP) is 3.62. The first-order chi connectivity index (χ1) is 11.3. The van der Waals surface area contributed by atoms with Crippen LogP contribution in [0.1, 0.15) is 40.0 Å². The normalized spacial score (nSPS) is 15.0. The number of nitro benzene ring substituents is 1. The lowest BCUT2D eigenvalue weighted by Gasteiger charge is -2.07. The van der Waals surface area contributed by atoms with Gasteiger partial charge in [-0.25, -0.2) is 9.59 Å². The highest BCUT2D eigenvalue weighted by atomic mass is 16.7. The van der Waals surface area contributed by atoms with Crippen LogP contribution in [-0.2, 0) is 14.3 Å². The first-order valence-electron chi connectivity index (χ1n) is 7.67. The minimum absolute atomic E-state index is 0.0153. The smallest absolute Gasteiger partial charge is 0.448 e. The summed E-state index contributed by atoms with van der Waals surface area (Å²) in [6, 6.07) is 5.16. The van der Waals surface area contributed by atoms with E-state index in [1.807, 2.05) is 0 Å². The molecule has 1 fully saturated rings. The van der Waals surface area contributed by atoms with Crippen molar-refractivity contribution in [1.82, 2.24) is 0 Å². The number of benzene rings is 1. The number of nitro groups is 1. The minimum Gasteiger partial charge on any atom is -0.448 e. The topological polar surface area (TPSA) is 108 Å². The number of unbranched alkanes of at least 4 members (excludes halogenated alkanes) is 1. The van der Waals surface area contributed by atoms with Gasteiger partial charge in [0.25, 0.3) is 5.69 Å². The lowest BCUT2D eigenvalue weighted by molar-refractivity contribution is -0.384. The van der Waals surface area contributed by atoms with E-state index >= 15 is 0 Å². The summed E-state index contributed by atoms with van der Waals surface area (Å²) >= 11 is 0. The first kappa shape index (κ1) is 19.4. The van der Waals surface area contributed by atoms with E-state index in [1.165, 1.54) is 24.3 Å². The molecular formula is C16H21NO7. The van der Waals surface area contributed by atoms with E-state index in [4.69, 9.17) is 9.47 Å². The van der Waals surface area contributed by atoms with Gasteiger partial charge in [0, 0.05) is 12.1 Å². The number of ether oxygens (including phenoxy) is 3. The van der Waals surface area contributed by atoms with Crippen LogP contribution in [0.2, 0.25) is 0 Å². The second-order valence-corrected chi connectivity index (χ2v) is 5.34. The fraction of sp³-hybridized carbons (Fsp3) is 0.500. The Morgan fingerprint density at radius 3 is 2.33 bits per heavy atom. The predicted molar refractivity (Wildman–Crippen MR) is 84.7 cm³/mol. The molecule has 0 saturated carbocycles. The summed E-state index contributed by atoms with van der Waals surface area (Å²) in [6.07, 6.45) is 2.06. The van der Waals surface area contributed by atoms with Gasteiger partial charge in [-0.15, -0.1) is 0 Å². The second-order valence-electron chi connectivity index (χ2n) is 5.34. The zero-order chi connectivity index (χ0) is 18.1. The Bertz CT molecular complexity index is 568. The summed E-state index contributed by atoms with van der Waals surface area (Å²) in [7, 11) is 0. The van der Waals surface area contributed by atoms with Gasteiger partial charge in [-0.1, -0.05) is 13.3 Å². The molecule has 1 aliphatic rings. The third-order valence-electron chi connectivity index (χ3n) is 2.86. The molecule has 1 aliphatic heterocycles. The van der Waals surface area contributed by atoms with Gasteiger partial charge < -0.3 is 14.2 Å². The van der Waals surface area contributed by atoms with Crippen LogP contribution in [0.5, 0.6) is 5.75 Å². The Hall–Kier alpha value is -2.64. The number of carbonyl (C=O) groups excluding carboxylic acids is 2. The summed E-state index contributed by atoms with van der Waals surface area (Å²) in [4.78, 5) is 31.1. The number of hydrogen-bond donors (Lipinski definition) is 0. The van der Waals surface area contributed by atoms with Crippen molar-refractivity contribution in [3.8, 4) is 5.75 Å². The van der Waals surface area contributed by atoms with Gasteiger partial charge in [0.1, 0.15) is 5.75 Å². The fourth-order valence-electron chi connectivity index (χ4n) is 1.62. The van der Waals surface area contributed by atoms with Crippen LogP contribution in [0.4, 0.5) is 10.5 Å². The summed E-state index contributed by atoms with van der Waals surface area (Å²) in [5.74, 6) is 0.190. The van der Waals surface area contributed by atoms with E-state index < -0.39 is 11.1 Å². The average molecular weight is 339 g/mol. The van der Waals surface area contributed by atoms with Crippen molar-refractivity contribution >= 4 is 17.8 Å². The zero-order valence-electron chi connectivity index (χ0n) is 13.9. The Balaban J connectivity index is 0.000000300. The van der Waals surface area contributed by atoms with Crippen LogP contribution < -0.4 is 4.74 Å². The molecule has 0 amide bonds. The van der Waals surface area contributed by atoms with E-state index in [0.717, 1.165) is 19.3 Å². The highest BCUT2D eigenvalue weighted by Gasteiger charge is 2.36. The van der Waals surface area contributed by atoms with Crippen LogP contribution in [0, 0.1) is 10.1 Å². The molecule has 1 unspecified atom stereocenters. The molecule has 0 aliphatic carbocycles. The Labute approximate surface area is 139 Å². The summed E-state index contributed by atoms with van der Waals surface area (Å²) < 4.78 is 14.1. The number of carbonyl (C=O) groups is 2. The van der Waals surface area contributed by atoms with Gasteiger partial charge in [-0.3, -0.25) is 10.1 Å². The molecule has 8 heteroatoms. The maximum absolute atomic E-state index is 11.1. The zero-order valence-corrected chi connectivity index (χ0v) is 13.9. The molecule has 1 aromatic carbocycles. The SMILES string of the molecule is CC(C)OC(=O)Oc1ccc([N+](=O)[O-])cc1.CCCCC1OC1=O. The molecule has 24 heavy (non-hydrogen) atoms. The van der Waals surface area contributed by atoms with Crippen molar-refractivity contribution in [3.63, 3.8) is 0 Å². The third-order valence-corrected chi connectivity index (χ3v) is 2.86. The van der Waals surface area contributed by atoms with E-state index in [0.29, 0.717) is 0 Å². The van der Waals surface area contributed by atoms with Crippen LogP contribution in [0.25, 0.3) is 0 Å². The van der Waals surface area contributed by atoms with Crippen LogP contribution in [0.15, 0.2) is 24.3 Å². The summed E-state index contributed by atoms with van der Waals surface area (Å²) in [5.41, 5.74) is -0.0652. The monoisotopic (exact) mass is 339 g/mol. The van der Waals surface area contributed by atoms with Gasteiger partial charge in [0.2, 0.25) is 0 Å². The Kier molecular flexibility index (Phi) is 7.67. The molecule has 1 saturated heterocycles.